The van der Waals surface area contributed by atoms with Crippen LogP contribution in [0.1, 0.15) is 49.9 Å². The molecule has 0 saturated carbocycles. The summed E-state index contributed by atoms with van der Waals surface area (Å²) in [5, 5.41) is 4.94. The van der Waals surface area contributed by atoms with Gasteiger partial charge in [0.05, 0.1) is 22.1 Å². The van der Waals surface area contributed by atoms with Crippen molar-refractivity contribution < 1.29 is 0 Å². The van der Waals surface area contributed by atoms with Gasteiger partial charge < -0.3 is 4.57 Å². The molecule has 19 rings (SSSR count). The van der Waals surface area contributed by atoms with Crippen molar-refractivity contribution in [3.63, 3.8) is 0 Å². The molecule has 0 spiro atoms. The van der Waals surface area contributed by atoms with E-state index in [2.05, 4.69) is 255 Å². The summed E-state index contributed by atoms with van der Waals surface area (Å²) < 4.78 is 4.66. The highest BCUT2D eigenvalue weighted by Gasteiger charge is 2.39. The van der Waals surface area contributed by atoms with Crippen molar-refractivity contribution in [1.29, 1.82) is 0 Å². The lowest BCUT2D eigenvalue weighted by molar-refractivity contribution is 0.660. The summed E-state index contributed by atoms with van der Waals surface area (Å²) in [6, 6.07) is 111. The fraction of sp³-hybridized carbons (Fsp3) is 0.0667. The molecule has 4 aromatic heterocycles. The molecule has 0 fully saturated rings. The second-order valence-electron chi connectivity index (χ2n) is 26.6. The molecule has 98 heavy (non-hydrogen) atoms. The first kappa shape index (κ1) is 58.1. The van der Waals surface area contributed by atoms with Crippen molar-refractivity contribution in [2.75, 3.05) is 0 Å². The van der Waals surface area contributed by atoms with Crippen molar-refractivity contribution in [1.82, 2.24) is 39.0 Å². The Morgan fingerprint density at radius 3 is 0.990 bits per heavy atom. The monoisotopic (exact) mass is 1260 g/mol. The van der Waals surface area contributed by atoms with Crippen LogP contribution >= 0.6 is 0 Å². The van der Waals surface area contributed by atoms with E-state index in [-0.39, 0.29) is 10.8 Å². The lowest BCUT2D eigenvalue weighted by atomic mass is 9.82. The second-order valence-corrected chi connectivity index (χ2v) is 26.6. The first-order valence-electron chi connectivity index (χ1n) is 33.5. The predicted octanol–water partition coefficient (Wildman–Crippen LogP) is 22.2. The average Bonchev–Trinajstić information content (AvgIpc) is 1.55. The third-order valence-electron chi connectivity index (χ3n) is 20.1. The van der Waals surface area contributed by atoms with Crippen LogP contribution in [-0.4, -0.2) is 39.0 Å². The van der Waals surface area contributed by atoms with Gasteiger partial charge in [-0.15, -0.1) is 0 Å². The number of benzene rings is 13. The van der Waals surface area contributed by atoms with Crippen LogP contribution in [0, 0.1) is 0 Å². The fourth-order valence-corrected chi connectivity index (χ4v) is 15.3. The first-order chi connectivity index (χ1) is 48.1. The molecule has 13 aromatic carbocycles. The Morgan fingerprint density at radius 1 is 0.235 bits per heavy atom. The molecule has 0 atom stereocenters. The highest BCUT2D eigenvalue weighted by atomic mass is 15.2. The minimum atomic E-state index is -0.105. The third kappa shape index (κ3) is 9.58. The van der Waals surface area contributed by atoms with E-state index in [1.165, 1.54) is 88.3 Å². The summed E-state index contributed by atoms with van der Waals surface area (Å²) >= 11 is 0. The van der Waals surface area contributed by atoms with E-state index in [9.17, 15) is 0 Å². The van der Waals surface area contributed by atoms with Crippen molar-refractivity contribution >= 4 is 43.6 Å². The minimum Gasteiger partial charge on any atom is -0.309 e. The van der Waals surface area contributed by atoms with Gasteiger partial charge in [-0.25, -0.2) is 19.9 Å². The van der Waals surface area contributed by atoms with E-state index in [4.69, 9.17) is 29.9 Å². The molecule has 0 amide bonds. The summed E-state index contributed by atoms with van der Waals surface area (Å²) in [4.78, 5) is 30.4. The van der Waals surface area contributed by atoms with Gasteiger partial charge in [-0.1, -0.05) is 307 Å². The molecule has 2 aliphatic rings. The molecule has 8 nitrogen and oxygen atoms in total. The van der Waals surface area contributed by atoms with Gasteiger partial charge in [0.2, 0.25) is 5.95 Å². The molecule has 0 unspecified atom stereocenters. The SMILES string of the molecule is CC1(C)c2ccccc2-c2c1ccc1c2c2ccc(-c3ccccc3)cc2n1-c1cccc(-c2nc(-c3ccccc3)nc(-c3ccccc3)n2)c1.CC1(C)c2ccccc2-c2c1ccc1c2c2ccc(-c3ccccc3)cc2n1-c1nc(-c2ccccc2)nc(-c2ccccc2)n1. The van der Waals surface area contributed by atoms with E-state index in [0.717, 1.165) is 55.6 Å². The molecule has 2 aliphatic carbocycles. The number of hydrogen-bond acceptors (Lipinski definition) is 6. The Balaban J connectivity index is 0.000000143. The molecular weight excluding hydrogens is 1190 g/mol. The van der Waals surface area contributed by atoms with Crippen molar-refractivity contribution in [3.8, 4) is 113 Å². The van der Waals surface area contributed by atoms with Crippen LogP contribution in [0.3, 0.4) is 0 Å². The number of hydrogen-bond donors (Lipinski definition) is 0. The molecule has 0 bridgehead atoms. The van der Waals surface area contributed by atoms with Crippen molar-refractivity contribution in [3.05, 3.63) is 338 Å². The van der Waals surface area contributed by atoms with Gasteiger partial charge in [0, 0.05) is 65.9 Å². The van der Waals surface area contributed by atoms with Crippen LogP contribution in [0.5, 0.6) is 0 Å². The molecular formula is C90H64N8. The van der Waals surface area contributed by atoms with Gasteiger partial charge in [0.25, 0.3) is 0 Å². The van der Waals surface area contributed by atoms with Crippen LogP contribution in [0.15, 0.2) is 315 Å². The summed E-state index contributed by atoms with van der Waals surface area (Å²) in [6.45, 7) is 9.37. The van der Waals surface area contributed by atoms with Gasteiger partial charge in [-0.05, 0) is 103 Å². The van der Waals surface area contributed by atoms with Crippen LogP contribution in [-0.2, 0) is 10.8 Å². The van der Waals surface area contributed by atoms with Gasteiger partial charge >= 0.3 is 0 Å². The molecule has 0 N–H and O–H groups in total. The predicted molar refractivity (Wildman–Crippen MR) is 402 cm³/mol. The van der Waals surface area contributed by atoms with Gasteiger partial charge in [0.15, 0.2) is 29.1 Å². The van der Waals surface area contributed by atoms with Crippen LogP contribution in [0.2, 0.25) is 0 Å². The smallest absolute Gasteiger partial charge is 0.238 e. The largest absolute Gasteiger partial charge is 0.309 e. The Labute approximate surface area is 568 Å². The van der Waals surface area contributed by atoms with E-state index in [1.807, 2.05) is 97.1 Å². The quantitative estimate of drug-likeness (QED) is 0.143. The average molecular weight is 1260 g/mol. The van der Waals surface area contributed by atoms with Crippen LogP contribution in [0.25, 0.3) is 157 Å². The Morgan fingerprint density at radius 2 is 0.571 bits per heavy atom. The van der Waals surface area contributed by atoms with E-state index < -0.39 is 0 Å². The number of nitrogens with zero attached hydrogens (tertiary/aromatic N) is 8. The Hall–Kier alpha value is -12.5. The van der Waals surface area contributed by atoms with E-state index in [1.54, 1.807) is 0 Å². The summed E-state index contributed by atoms with van der Waals surface area (Å²) in [7, 11) is 0. The standard InChI is InChI=1S/C48H34N4.C42H30N4/c1-48(2)39-24-13-12-23-37(39)43-40(48)27-28-41-44(43)38-26-25-34(31-15-6-3-7-16-31)30-42(38)52(41)36-22-14-21-35(29-36)47-50-45(32-17-8-4-9-18-32)49-46(51-47)33-19-10-5-11-20-33;1-42(2)33-21-13-12-20-31(33)37-34(42)24-25-35-38(37)32-23-22-30(27-14-6-3-7-15-27)26-36(32)46(35)41-44-39(28-16-8-4-9-17-28)43-40(45-41)29-18-10-5-11-19-29/h3-30H,1-2H3;3-26H,1-2H3. The third-order valence-corrected chi connectivity index (χ3v) is 20.1. The fourth-order valence-electron chi connectivity index (χ4n) is 15.3. The first-order valence-corrected chi connectivity index (χ1v) is 33.5. The van der Waals surface area contributed by atoms with Crippen molar-refractivity contribution in [2.45, 2.75) is 38.5 Å². The highest BCUT2D eigenvalue weighted by molar-refractivity contribution is 6.20. The van der Waals surface area contributed by atoms with Gasteiger partial charge in [-0.2, -0.15) is 9.97 Å². The number of rotatable bonds is 9. The summed E-state index contributed by atoms with van der Waals surface area (Å²) in [5.41, 5.74) is 25.5. The summed E-state index contributed by atoms with van der Waals surface area (Å²) in [6.07, 6.45) is 0. The maximum atomic E-state index is 5.18. The normalized spacial score (nSPS) is 13.1. The molecule has 4 heterocycles. The molecule has 0 aliphatic heterocycles. The molecule has 464 valence electrons. The molecule has 17 aromatic rings. The Kier molecular flexibility index (Phi) is 13.7. The number of aromatic nitrogens is 8. The van der Waals surface area contributed by atoms with Crippen molar-refractivity contribution in [2.24, 2.45) is 0 Å². The lowest BCUT2D eigenvalue weighted by Crippen LogP contribution is -2.14. The molecule has 8 heteroatoms. The van der Waals surface area contributed by atoms with Gasteiger partial charge in [0.1, 0.15) is 0 Å². The van der Waals surface area contributed by atoms with Crippen LogP contribution < -0.4 is 0 Å². The second kappa shape index (κ2) is 23.1. The molecule has 0 radical (unpaired) electrons. The maximum Gasteiger partial charge on any atom is 0.238 e. The zero-order valence-electron chi connectivity index (χ0n) is 54.6. The highest BCUT2D eigenvalue weighted by Crippen LogP contribution is 2.55. The minimum absolute atomic E-state index is 0.0932. The van der Waals surface area contributed by atoms with E-state index >= 15 is 0 Å². The Bertz CT molecular complexity index is 5850. The lowest BCUT2D eigenvalue weighted by Gasteiger charge is -2.21. The number of fused-ring (bicyclic) bond motifs is 14. The van der Waals surface area contributed by atoms with Gasteiger partial charge in [-0.3, -0.25) is 4.57 Å². The van der Waals surface area contributed by atoms with E-state index in [0.29, 0.717) is 35.1 Å². The maximum absolute atomic E-state index is 5.18. The zero-order chi connectivity index (χ0) is 65.6. The van der Waals surface area contributed by atoms with Crippen LogP contribution in [0.4, 0.5) is 0 Å². The zero-order valence-corrected chi connectivity index (χ0v) is 54.6. The topological polar surface area (TPSA) is 87.2 Å². The summed E-state index contributed by atoms with van der Waals surface area (Å²) in [5.74, 6) is 3.82. The molecule has 0 saturated heterocycles.